The molecule has 7 nitrogen and oxygen atoms in total. The Bertz CT molecular complexity index is 1230. The predicted octanol–water partition coefficient (Wildman–Crippen LogP) is 5.33. The number of carbonyl (C=O) groups excluding carboxylic acids is 1. The molecule has 0 radical (unpaired) electrons. The van der Waals surface area contributed by atoms with E-state index in [1.54, 1.807) is 26.2 Å². The Labute approximate surface area is 196 Å². The van der Waals surface area contributed by atoms with Crippen LogP contribution in [0.5, 0.6) is 11.5 Å². The maximum Gasteiger partial charge on any atom is 0.290 e. The van der Waals surface area contributed by atoms with Gasteiger partial charge in [0.25, 0.3) is 5.91 Å². The minimum Gasteiger partial charge on any atom is -0.497 e. The number of hydrogen-bond donors (Lipinski definition) is 1. The van der Waals surface area contributed by atoms with Crippen molar-refractivity contribution in [2.45, 2.75) is 19.6 Å². The van der Waals surface area contributed by atoms with Crippen molar-refractivity contribution in [3.8, 4) is 22.9 Å². The van der Waals surface area contributed by atoms with Crippen molar-refractivity contribution in [2.75, 3.05) is 12.4 Å². The lowest BCUT2D eigenvalue weighted by Gasteiger charge is -2.14. The van der Waals surface area contributed by atoms with Gasteiger partial charge in [0.05, 0.1) is 7.11 Å². The average molecular weight is 463 g/mol. The number of nitrogens with one attached hydrogen (secondary N) is 1. The zero-order valence-corrected chi connectivity index (χ0v) is 19.0. The van der Waals surface area contributed by atoms with Crippen molar-refractivity contribution in [1.82, 2.24) is 14.8 Å². The SMILES string of the molecule is COc1ccc(-c2nc(NCc3ccccc3Cl)n(C(=O)C(C)Oc3ccccc3)n2)cc1. The lowest BCUT2D eigenvalue weighted by molar-refractivity contribution is 0.0713. The highest BCUT2D eigenvalue weighted by Gasteiger charge is 2.23. The summed E-state index contributed by atoms with van der Waals surface area (Å²) in [7, 11) is 1.60. The first-order valence-corrected chi connectivity index (χ1v) is 10.8. The van der Waals surface area contributed by atoms with Gasteiger partial charge < -0.3 is 14.8 Å². The molecular formula is C25H23ClN4O3. The maximum atomic E-state index is 13.2. The van der Waals surface area contributed by atoms with Crippen LogP contribution in [0.3, 0.4) is 0 Å². The van der Waals surface area contributed by atoms with Crippen molar-refractivity contribution in [3.63, 3.8) is 0 Å². The fraction of sp³-hybridized carbons (Fsp3) is 0.160. The van der Waals surface area contributed by atoms with E-state index in [9.17, 15) is 4.79 Å². The van der Waals surface area contributed by atoms with E-state index < -0.39 is 6.10 Å². The Hall–Kier alpha value is -3.84. The molecule has 4 aromatic rings. The summed E-state index contributed by atoms with van der Waals surface area (Å²) in [5.74, 6) is 1.66. The highest BCUT2D eigenvalue weighted by atomic mass is 35.5. The number of nitrogens with zero attached hydrogens (tertiary/aromatic N) is 3. The van der Waals surface area contributed by atoms with Gasteiger partial charge in [0.15, 0.2) is 11.9 Å². The van der Waals surface area contributed by atoms with E-state index in [1.165, 1.54) is 4.68 Å². The van der Waals surface area contributed by atoms with E-state index in [4.69, 9.17) is 21.1 Å². The van der Waals surface area contributed by atoms with Gasteiger partial charge in [-0.1, -0.05) is 48.0 Å². The Morgan fingerprint density at radius 3 is 2.39 bits per heavy atom. The summed E-state index contributed by atoms with van der Waals surface area (Å²) in [6, 6.07) is 24.0. The Balaban J connectivity index is 1.62. The predicted molar refractivity (Wildman–Crippen MR) is 128 cm³/mol. The number of benzene rings is 3. The van der Waals surface area contributed by atoms with Gasteiger partial charge in [0.2, 0.25) is 5.95 Å². The number of methoxy groups -OCH3 is 1. The summed E-state index contributed by atoms with van der Waals surface area (Å²) in [5, 5.41) is 8.28. The summed E-state index contributed by atoms with van der Waals surface area (Å²) >= 11 is 6.28. The first kappa shape index (κ1) is 22.4. The summed E-state index contributed by atoms with van der Waals surface area (Å²) in [5.41, 5.74) is 1.63. The van der Waals surface area contributed by atoms with Crippen molar-refractivity contribution in [1.29, 1.82) is 0 Å². The quantitative estimate of drug-likeness (QED) is 0.381. The van der Waals surface area contributed by atoms with Crippen LogP contribution in [0.25, 0.3) is 11.4 Å². The lowest BCUT2D eigenvalue weighted by Crippen LogP contribution is -2.31. The largest absolute Gasteiger partial charge is 0.497 e. The minimum atomic E-state index is -0.779. The van der Waals surface area contributed by atoms with Gasteiger partial charge in [0.1, 0.15) is 11.5 Å². The second kappa shape index (κ2) is 10.2. The lowest BCUT2D eigenvalue weighted by atomic mass is 10.2. The van der Waals surface area contributed by atoms with Crippen LogP contribution in [0.2, 0.25) is 5.02 Å². The summed E-state index contributed by atoms with van der Waals surface area (Å²) in [6.45, 7) is 2.06. The zero-order chi connectivity index (χ0) is 23.2. The molecule has 0 saturated carbocycles. The van der Waals surface area contributed by atoms with Gasteiger partial charge >= 0.3 is 0 Å². The van der Waals surface area contributed by atoms with Crippen LogP contribution in [0.4, 0.5) is 5.95 Å². The third-order valence-corrected chi connectivity index (χ3v) is 5.33. The van der Waals surface area contributed by atoms with Gasteiger partial charge in [-0.25, -0.2) is 0 Å². The van der Waals surface area contributed by atoms with E-state index in [1.807, 2.05) is 66.7 Å². The number of anilines is 1. The Morgan fingerprint density at radius 2 is 1.70 bits per heavy atom. The smallest absolute Gasteiger partial charge is 0.290 e. The van der Waals surface area contributed by atoms with Crippen molar-refractivity contribution in [2.24, 2.45) is 0 Å². The monoisotopic (exact) mass is 462 g/mol. The number of rotatable bonds is 8. The summed E-state index contributed by atoms with van der Waals surface area (Å²) in [6.07, 6.45) is -0.779. The zero-order valence-electron chi connectivity index (χ0n) is 18.2. The third kappa shape index (κ3) is 5.32. The average Bonchev–Trinajstić information content (AvgIpc) is 3.28. The highest BCUT2D eigenvalue weighted by Crippen LogP contribution is 2.23. The van der Waals surface area contributed by atoms with Gasteiger partial charge in [-0.3, -0.25) is 4.79 Å². The molecule has 0 saturated heterocycles. The number of carbonyl (C=O) groups is 1. The standard InChI is InChI=1S/C25H23ClN4O3/c1-17(33-21-9-4-3-5-10-21)24(31)30-25(27-16-19-8-6-7-11-22(19)26)28-23(29-30)18-12-14-20(32-2)15-13-18/h3-15,17H,16H2,1-2H3,(H,27,28,29). The first-order chi connectivity index (χ1) is 16.0. The molecule has 0 amide bonds. The maximum absolute atomic E-state index is 13.2. The molecule has 1 heterocycles. The molecular weight excluding hydrogens is 440 g/mol. The number of hydrogen-bond acceptors (Lipinski definition) is 6. The third-order valence-electron chi connectivity index (χ3n) is 4.96. The van der Waals surface area contributed by atoms with E-state index in [-0.39, 0.29) is 5.91 Å². The molecule has 0 spiro atoms. The van der Waals surface area contributed by atoms with Crippen LogP contribution in [0.1, 0.15) is 17.3 Å². The van der Waals surface area contributed by atoms with E-state index >= 15 is 0 Å². The van der Waals surface area contributed by atoms with E-state index in [2.05, 4.69) is 15.4 Å². The normalized spacial score (nSPS) is 11.6. The number of ether oxygens (including phenoxy) is 2. The van der Waals surface area contributed by atoms with E-state index in [0.29, 0.717) is 29.1 Å². The number of halogens is 1. The fourth-order valence-electron chi connectivity index (χ4n) is 3.18. The molecule has 168 valence electrons. The van der Waals surface area contributed by atoms with Gasteiger partial charge in [0, 0.05) is 17.1 Å². The number of aromatic nitrogens is 3. The Morgan fingerprint density at radius 1 is 1.00 bits per heavy atom. The molecule has 1 atom stereocenters. The molecule has 0 aliphatic carbocycles. The van der Waals surface area contributed by atoms with Crippen LogP contribution >= 0.6 is 11.6 Å². The van der Waals surface area contributed by atoms with Gasteiger partial charge in [-0.2, -0.15) is 9.67 Å². The van der Waals surface area contributed by atoms with Crippen LogP contribution in [0, 0.1) is 0 Å². The molecule has 0 bridgehead atoms. The van der Waals surface area contributed by atoms with Crippen molar-refractivity contribution < 1.29 is 14.3 Å². The topological polar surface area (TPSA) is 78.3 Å². The van der Waals surface area contributed by atoms with Crippen LogP contribution in [-0.4, -0.2) is 33.9 Å². The molecule has 0 aliphatic heterocycles. The van der Waals surface area contributed by atoms with Crippen LogP contribution in [-0.2, 0) is 6.54 Å². The fourth-order valence-corrected chi connectivity index (χ4v) is 3.39. The van der Waals surface area contributed by atoms with Gasteiger partial charge in [-0.05, 0) is 55.0 Å². The summed E-state index contributed by atoms with van der Waals surface area (Å²) < 4.78 is 12.3. The van der Waals surface area contributed by atoms with Crippen LogP contribution < -0.4 is 14.8 Å². The molecule has 1 unspecified atom stereocenters. The molecule has 33 heavy (non-hydrogen) atoms. The second-order valence-corrected chi connectivity index (χ2v) is 7.66. The molecule has 1 aromatic heterocycles. The van der Waals surface area contributed by atoms with Crippen molar-refractivity contribution >= 4 is 23.5 Å². The van der Waals surface area contributed by atoms with Crippen molar-refractivity contribution in [3.05, 3.63) is 89.4 Å². The molecule has 8 heteroatoms. The molecule has 0 aliphatic rings. The Kier molecular flexibility index (Phi) is 6.90. The van der Waals surface area contributed by atoms with Gasteiger partial charge in [-0.15, -0.1) is 5.10 Å². The van der Waals surface area contributed by atoms with Crippen LogP contribution in [0.15, 0.2) is 78.9 Å². The minimum absolute atomic E-state index is 0.300. The first-order valence-electron chi connectivity index (χ1n) is 10.4. The molecule has 3 aromatic carbocycles. The molecule has 0 fully saturated rings. The highest BCUT2D eigenvalue weighted by molar-refractivity contribution is 6.31. The molecule has 1 N–H and O–H groups in total. The molecule has 4 rings (SSSR count). The van der Waals surface area contributed by atoms with E-state index in [0.717, 1.165) is 16.9 Å². The second-order valence-electron chi connectivity index (χ2n) is 7.26. The number of para-hydroxylation sites is 1. The summed E-state index contributed by atoms with van der Waals surface area (Å²) in [4.78, 5) is 17.8.